The molecule has 0 aromatic heterocycles. The maximum atomic E-state index is 12.6. The average Bonchev–Trinajstić information content (AvgIpc) is 2.86. The number of nitrogens with two attached hydrogens (primary N) is 1. The van der Waals surface area contributed by atoms with Crippen molar-refractivity contribution in [3.8, 4) is 11.5 Å². The van der Waals surface area contributed by atoms with Crippen LogP contribution in [0.5, 0.6) is 11.5 Å². The predicted octanol–water partition coefficient (Wildman–Crippen LogP) is 4.53. The molecular formula is C27H41NO9. The molecule has 0 aliphatic rings. The number of ether oxygens (including phenoxy) is 4. The summed E-state index contributed by atoms with van der Waals surface area (Å²) < 4.78 is 21.2. The van der Waals surface area contributed by atoms with Gasteiger partial charge in [-0.2, -0.15) is 0 Å². The summed E-state index contributed by atoms with van der Waals surface area (Å²) in [5.41, 5.74) is 6.45. The van der Waals surface area contributed by atoms with E-state index >= 15 is 0 Å². The summed E-state index contributed by atoms with van der Waals surface area (Å²) in [4.78, 5) is 48.7. The van der Waals surface area contributed by atoms with E-state index in [0.29, 0.717) is 18.4 Å². The van der Waals surface area contributed by atoms with E-state index in [4.69, 9.17) is 24.7 Å². The van der Waals surface area contributed by atoms with E-state index in [1.54, 1.807) is 26.8 Å². The van der Waals surface area contributed by atoms with Gasteiger partial charge in [-0.05, 0) is 42.4 Å². The van der Waals surface area contributed by atoms with E-state index in [2.05, 4.69) is 0 Å². The third-order valence-electron chi connectivity index (χ3n) is 6.09. The first kappa shape index (κ1) is 31.9. The van der Waals surface area contributed by atoms with Gasteiger partial charge in [0.15, 0.2) is 11.5 Å². The van der Waals surface area contributed by atoms with Crippen LogP contribution in [0.1, 0.15) is 72.8 Å². The molecule has 37 heavy (non-hydrogen) atoms. The van der Waals surface area contributed by atoms with Gasteiger partial charge in [-0.1, -0.05) is 54.5 Å². The predicted molar refractivity (Wildman–Crippen MR) is 136 cm³/mol. The highest BCUT2D eigenvalue weighted by molar-refractivity contribution is 5.79. The number of carboxylic acid groups (broad SMARTS) is 1. The van der Waals surface area contributed by atoms with Crippen LogP contribution in [-0.4, -0.2) is 48.4 Å². The molecule has 0 aliphatic heterocycles. The molecule has 4 unspecified atom stereocenters. The summed E-state index contributed by atoms with van der Waals surface area (Å²) in [5, 5.41) is 9.65. The van der Waals surface area contributed by atoms with Crippen LogP contribution in [-0.2, 0) is 23.9 Å². The normalized spacial score (nSPS) is 15.2. The van der Waals surface area contributed by atoms with E-state index in [0.717, 1.165) is 0 Å². The first-order valence-corrected chi connectivity index (χ1v) is 12.7. The second-order valence-corrected chi connectivity index (χ2v) is 9.80. The van der Waals surface area contributed by atoms with E-state index < -0.39 is 47.9 Å². The molecule has 0 saturated heterocycles. The lowest BCUT2D eigenvalue weighted by atomic mass is 9.82. The quantitative estimate of drug-likeness (QED) is 0.263. The summed E-state index contributed by atoms with van der Waals surface area (Å²) in [7, 11) is 0. The Kier molecular flexibility index (Phi) is 13.1. The fourth-order valence-electron chi connectivity index (χ4n) is 3.27. The monoisotopic (exact) mass is 523 g/mol. The van der Waals surface area contributed by atoms with Gasteiger partial charge in [-0.15, -0.1) is 0 Å². The Morgan fingerprint density at radius 3 is 1.84 bits per heavy atom. The highest BCUT2D eigenvalue weighted by atomic mass is 16.7. The second kappa shape index (κ2) is 15.2. The lowest BCUT2D eigenvalue weighted by Gasteiger charge is -2.28. The third kappa shape index (κ3) is 10.0. The van der Waals surface area contributed by atoms with Crippen LogP contribution in [0.15, 0.2) is 18.2 Å². The van der Waals surface area contributed by atoms with Gasteiger partial charge < -0.3 is 29.8 Å². The van der Waals surface area contributed by atoms with E-state index in [1.807, 2.05) is 27.7 Å². The standard InChI is InChI=1S/C27H41NO9/c1-8-16(5)25(31)36-20-11-10-19(12-21(20)37-26(32)17(6)9-2)22(23(28)24(29)30)18(7)14-35-27(33)34-13-15(3)4/h10-12,15-18,22-23H,8-9,13-14,28H2,1-7H3,(H,29,30)/t16?,17?,18?,22?,23-/m0/s1. The molecule has 1 rings (SSSR count). The van der Waals surface area contributed by atoms with Crippen LogP contribution in [0.4, 0.5) is 4.79 Å². The Labute approximate surface area is 218 Å². The van der Waals surface area contributed by atoms with Gasteiger partial charge in [0.05, 0.1) is 25.0 Å². The van der Waals surface area contributed by atoms with Gasteiger partial charge in [0.1, 0.15) is 6.04 Å². The third-order valence-corrected chi connectivity index (χ3v) is 6.09. The SMILES string of the molecule is CCC(C)C(=O)Oc1ccc(C(C(C)COC(=O)OCC(C)C)[C@H](N)C(=O)O)cc1OC(=O)C(C)CC. The number of hydrogen-bond acceptors (Lipinski definition) is 9. The Morgan fingerprint density at radius 1 is 0.838 bits per heavy atom. The molecule has 0 radical (unpaired) electrons. The average molecular weight is 524 g/mol. The summed E-state index contributed by atoms with van der Waals surface area (Å²) >= 11 is 0. The number of benzene rings is 1. The lowest BCUT2D eigenvalue weighted by molar-refractivity contribution is -0.141. The molecule has 0 spiro atoms. The summed E-state index contributed by atoms with van der Waals surface area (Å²) in [6.45, 7) is 12.6. The van der Waals surface area contributed by atoms with E-state index in [1.165, 1.54) is 12.1 Å². The molecule has 1 aromatic rings. The molecule has 0 heterocycles. The number of hydrogen-bond donors (Lipinski definition) is 2. The number of carboxylic acids is 1. The molecule has 10 heteroatoms. The van der Waals surface area contributed by atoms with E-state index in [9.17, 15) is 24.3 Å². The van der Waals surface area contributed by atoms with Crippen molar-refractivity contribution >= 4 is 24.1 Å². The Bertz CT molecular complexity index is 930. The molecule has 0 bridgehead atoms. The van der Waals surface area contributed by atoms with Gasteiger partial charge in [0.25, 0.3) is 0 Å². The molecule has 5 atom stereocenters. The number of esters is 2. The van der Waals surface area contributed by atoms with Crippen LogP contribution < -0.4 is 15.2 Å². The molecule has 1 aromatic carbocycles. The zero-order chi connectivity index (χ0) is 28.3. The van der Waals surface area contributed by atoms with E-state index in [-0.39, 0.29) is 36.5 Å². The van der Waals surface area contributed by atoms with Crippen molar-refractivity contribution in [1.82, 2.24) is 0 Å². The van der Waals surface area contributed by atoms with Crippen molar-refractivity contribution in [2.75, 3.05) is 13.2 Å². The molecule has 0 fully saturated rings. The minimum Gasteiger partial charge on any atom is -0.480 e. The summed E-state index contributed by atoms with van der Waals surface area (Å²) in [5.74, 6) is -4.31. The van der Waals surface area contributed by atoms with Crippen LogP contribution in [0.25, 0.3) is 0 Å². The number of aliphatic carboxylic acids is 1. The Hall–Kier alpha value is -3.14. The molecule has 3 N–H and O–H groups in total. The maximum absolute atomic E-state index is 12.6. The van der Waals surface area contributed by atoms with Crippen LogP contribution >= 0.6 is 0 Å². The molecule has 10 nitrogen and oxygen atoms in total. The van der Waals surface area contributed by atoms with Gasteiger partial charge in [0, 0.05) is 5.92 Å². The Morgan fingerprint density at radius 2 is 1.35 bits per heavy atom. The topological polar surface area (TPSA) is 151 Å². The minimum absolute atomic E-state index is 0.0218. The summed E-state index contributed by atoms with van der Waals surface area (Å²) in [6, 6.07) is 3.08. The maximum Gasteiger partial charge on any atom is 0.508 e. The molecule has 0 aliphatic carbocycles. The molecule has 0 amide bonds. The lowest BCUT2D eigenvalue weighted by Crippen LogP contribution is -2.40. The van der Waals surface area contributed by atoms with Crippen molar-refractivity contribution in [1.29, 1.82) is 0 Å². The first-order valence-electron chi connectivity index (χ1n) is 12.7. The van der Waals surface area contributed by atoms with Crippen molar-refractivity contribution in [3.63, 3.8) is 0 Å². The van der Waals surface area contributed by atoms with Crippen molar-refractivity contribution in [3.05, 3.63) is 23.8 Å². The largest absolute Gasteiger partial charge is 0.508 e. The highest BCUT2D eigenvalue weighted by Gasteiger charge is 2.33. The number of carbonyl (C=O) groups excluding carboxylic acids is 3. The van der Waals surface area contributed by atoms with Gasteiger partial charge >= 0.3 is 24.1 Å². The Balaban J connectivity index is 3.34. The van der Waals surface area contributed by atoms with Gasteiger partial charge in [0.2, 0.25) is 0 Å². The van der Waals surface area contributed by atoms with Gasteiger partial charge in [-0.3, -0.25) is 14.4 Å². The van der Waals surface area contributed by atoms with Crippen molar-refractivity contribution in [2.24, 2.45) is 29.4 Å². The van der Waals surface area contributed by atoms with Crippen LogP contribution in [0.3, 0.4) is 0 Å². The molecule has 208 valence electrons. The number of rotatable bonds is 14. The fourth-order valence-corrected chi connectivity index (χ4v) is 3.27. The van der Waals surface area contributed by atoms with Crippen molar-refractivity contribution in [2.45, 2.75) is 73.3 Å². The zero-order valence-electron chi connectivity index (χ0n) is 22.8. The molecular weight excluding hydrogens is 482 g/mol. The summed E-state index contributed by atoms with van der Waals surface area (Å²) in [6.07, 6.45) is 0.235. The fraction of sp³-hybridized carbons (Fsp3) is 0.630. The van der Waals surface area contributed by atoms with Crippen molar-refractivity contribution < 1.29 is 43.2 Å². The highest BCUT2D eigenvalue weighted by Crippen LogP contribution is 2.36. The number of carbonyl (C=O) groups is 4. The van der Waals surface area contributed by atoms with Crippen LogP contribution in [0.2, 0.25) is 0 Å². The van der Waals surface area contributed by atoms with Gasteiger partial charge in [-0.25, -0.2) is 4.79 Å². The molecule has 0 saturated carbocycles. The minimum atomic E-state index is -1.36. The zero-order valence-corrected chi connectivity index (χ0v) is 22.8. The second-order valence-electron chi connectivity index (χ2n) is 9.80. The first-order chi connectivity index (χ1) is 17.3. The smallest absolute Gasteiger partial charge is 0.480 e. The van der Waals surface area contributed by atoms with Crippen LogP contribution in [0, 0.1) is 23.7 Å².